The number of methoxy groups -OCH3 is 1. The summed E-state index contributed by atoms with van der Waals surface area (Å²) in [5.41, 5.74) is 0.195. The first-order valence-corrected chi connectivity index (χ1v) is 9.68. The zero-order valence-electron chi connectivity index (χ0n) is 16.3. The number of nitrogens with one attached hydrogen (secondary N) is 1. The van der Waals surface area contributed by atoms with E-state index in [1.807, 2.05) is 0 Å². The SMILES string of the molecule is COc1ccc(NC(=O)CSc2nnc(-c3cccc([N+](=O)[O-])c3)n2C)c([N+](=O)[O-])c1. The van der Waals surface area contributed by atoms with Crippen molar-refractivity contribution in [3.63, 3.8) is 0 Å². The molecule has 0 aliphatic carbocycles. The summed E-state index contributed by atoms with van der Waals surface area (Å²) in [5.74, 6) is 0.145. The Kier molecular flexibility index (Phi) is 6.45. The third-order valence-electron chi connectivity index (χ3n) is 4.16. The Balaban J connectivity index is 1.70. The van der Waals surface area contributed by atoms with Crippen molar-refractivity contribution >= 4 is 34.7 Å². The zero-order chi connectivity index (χ0) is 22.5. The molecule has 31 heavy (non-hydrogen) atoms. The van der Waals surface area contributed by atoms with Gasteiger partial charge in [0.05, 0.1) is 28.8 Å². The molecule has 1 aromatic heterocycles. The highest BCUT2D eigenvalue weighted by molar-refractivity contribution is 7.99. The highest BCUT2D eigenvalue weighted by Crippen LogP contribution is 2.30. The number of thioether (sulfide) groups is 1. The van der Waals surface area contributed by atoms with Crippen LogP contribution in [0.5, 0.6) is 5.75 Å². The highest BCUT2D eigenvalue weighted by atomic mass is 32.2. The van der Waals surface area contributed by atoms with Crippen molar-refractivity contribution in [1.82, 2.24) is 14.8 Å². The Hall–Kier alpha value is -4.00. The fourth-order valence-corrected chi connectivity index (χ4v) is 3.37. The van der Waals surface area contributed by atoms with Crippen LogP contribution in [-0.4, -0.2) is 43.4 Å². The fraction of sp³-hybridized carbons (Fsp3) is 0.167. The third-order valence-corrected chi connectivity index (χ3v) is 5.18. The average molecular weight is 444 g/mol. The number of non-ortho nitro benzene ring substituents is 1. The van der Waals surface area contributed by atoms with Gasteiger partial charge in [0.2, 0.25) is 5.91 Å². The first kappa shape index (κ1) is 21.7. The van der Waals surface area contributed by atoms with Crippen molar-refractivity contribution < 1.29 is 19.4 Å². The molecule has 3 aromatic rings. The molecule has 0 radical (unpaired) electrons. The number of hydrogen-bond donors (Lipinski definition) is 1. The standard InChI is InChI=1S/C18H16N6O6S/c1-22-17(11-4-3-5-12(8-11)23(26)27)20-21-18(22)31-10-16(25)19-14-7-6-13(30-2)9-15(14)24(28)29/h3-9H,10H2,1-2H3,(H,19,25). The molecule has 0 bridgehead atoms. The molecule has 0 aliphatic rings. The highest BCUT2D eigenvalue weighted by Gasteiger charge is 2.19. The second-order valence-corrected chi connectivity index (χ2v) is 7.09. The number of nitro groups is 2. The van der Waals surface area contributed by atoms with Crippen molar-refractivity contribution in [1.29, 1.82) is 0 Å². The maximum Gasteiger partial charge on any atom is 0.296 e. The minimum atomic E-state index is -0.612. The lowest BCUT2D eigenvalue weighted by Gasteiger charge is -2.07. The van der Waals surface area contributed by atoms with Gasteiger partial charge in [0, 0.05) is 24.7 Å². The Bertz CT molecular complexity index is 1160. The smallest absolute Gasteiger partial charge is 0.296 e. The first-order valence-electron chi connectivity index (χ1n) is 8.69. The second kappa shape index (κ2) is 9.21. The fourth-order valence-electron chi connectivity index (χ4n) is 2.66. The number of hydrogen-bond acceptors (Lipinski definition) is 9. The zero-order valence-corrected chi connectivity index (χ0v) is 17.2. The molecule has 12 nitrogen and oxygen atoms in total. The molecule has 0 saturated carbocycles. The van der Waals surface area contributed by atoms with E-state index in [-0.39, 0.29) is 22.8 Å². The normalized spacial score (nSPS) is 10.5. The van der Waals surface area contributed by atoms with Crippen molar-refractivity contribution in [2.24, 2.45) is 7.05 Å². The molecule has 0 unspecified atom stereocenters. The number of amides is 1. The van der Waals surface area contributed by atoms with Gasteiger partial charge in [-0.2, -0.15) is 0 Å². The molecule has 1 amide bonds. The van der Waals surface area contributed by atoms with Gasteiger partial charge < -0.3 is 14.6 Å². The predicted octanol–water partition coefficient (Wildman–Crippen LogP) is 3.04. The molecular weight excluding hydrogens is 428 g/mol. The molecule has 1 N–H and O–H groups in total. The lowest BCUT2D eigenvalue weighted by molar-refractivity contribution is -0.384. The van der Waals surface area contributed by atoms with Crippen LogP contribution < -0.4 is 10.1 Å². The number of ether oxygens (including phenoxy) is 1. The summed E-state index contributed by atoms with van der Waals surface area (Å²) in [6.45, 7) is 0. The molecule has 13 heteroatoms. The van der Waals surface area contributed by atoms with Gasteiger partial charge in [-0.3, -0.25) is 25.0 Å². The second-order valence-electron chi connectivity index (χ2n) is 6.15. The van der Waals surface area contributed by atoms with Crippen LogP contribution in [0, 0.1) is 20.2 Å². The molecule has 3 rings (SSSR count). The molecule has 0 atom stereocenters. The number of nitro benzene ring substituents is 2. The number of anilines is 1. The van der Waals surface area contributed by atoms with Gasteiger partial charge in [0.15, 0.2) is 11.0 Å². The van der Waals surface area contributed by atoms with E-state index < -0.39 is 15.8 Å². The van der Waals surface area contributed by atoms with E-state index in [0.29, 0.717) is 22.3 Å². The summed E-state index contributed by atoms with van der Waals surface area (Å²) >= 11 is 1.07. The van der Waals surface area contributed by atoms with Crippen LogP contribution in [-0.2, 0) is 11.8 Å². The molecule has 2 aromatic carbocycles. The maximum absolute atomic E-state index is 12.3. The lowest BCUT2D eigenvalue weighted by atomic mass is 10.2. The van der Waals surface area contributed by atoms with Gasteiger partial charge in [-0.15, -0.1) is 10.2 Å². The number of aromatic nitrogens is 3. The van der Waals surface area contributed by atoms with Crippen molar-refractivity contribution in [3.05, 3.63) is 62.7 Å². The van der Waals surface area contributed by atoms with E-state index in [4.69, 9.17) is 4.74 Å². The molecule has 1 heterocycles. The van der Waals surface area contributed by atoms with E-state index >= 15 is 0 Å². The minimum absolute atomic E-state index is 0.0478. The van der Waals surface area contributed by atoms with Crippen molar-refractivity contribution in [2.75, 3.05) is 18.2 Å². The van der Waals surface area contributed by atoms with Gasteiger partial charge in [-0.25, -0.2) is 0 Å². The van der Waals surface area contributed by atoms with Gasteiger partial charge >= 0.3 is 0 Å². The predicted molar refractivity (Wildman–Crippen MR) is 112 cm³/mol. The maximum atomic E-state index is 12.3. The number of nitrogens with zero attached hydrogens (tertiary/aromatic N) is 5. The summed E-state index contributed by atoms with van der Waals surface area (Å²) < 4.78 is 6.57. The monoisotopic (exact) mass is 444 g/mol. The lowest BCUT2D eigenvalue weighted by Crippen LogP contribution is -2.15. The number of benzene rings is 2. The molecule has 160 valence electrons. The van der Waals surface area contributed by atoms with Crippen LogP contribution in [0.15, 0.2) is 47.6 Å². The average Bonchev–Trinajstić information content (AvgIpc) is 3.12. The van der Waals surface area contributed by atoms with Gasteiger partial charge in [-0.1, -0.05) is 23.9 Å². The summed E-state index contributed by atoms with van der Waals surface area (Å²) in [5, 5.41) is 33.2. The number of carbonyl (C=O) groups excluding carboxylic acids is 1. The van der Waals surface area contributed by atoms with Crippen LogP contribution in [0.25, 0.3) is 11.4 Å². The van der Waals surface area contributed by atoms with E-state index in [2.05, 4.69) is 15.5 Å². The van der Waals surface area contributed by atoms with E-state index in [9.17, 15) is 25.0 Å². The van der Waals surface area contributed by atoms with Gasteiger partial charge in [-0.05, 0) is 12.1 Å². The Morgan fingerprint density at radius 2 is 1.94 bits per heavy atom. The number of rotatable bonds is 8. The largest absolute Gasteiger partial charge is 0.496 e. The first-order chi connectivity index (χ1) is 14.8. The van der Waals surface area contributed by atoms with Crippen molar-refractivity contribution in [3.8, 4) is 17.1 Å². The summed E-state index contributed by atoms with van der Waals surface area (Å²) in [7, 11) is 3.06. The molecule has 0 aliphatic heterocycles. The summed E-state index contributed by atoms with van der Waals surface area (Å²) in [6, 6.07) is 10.1. The molecular formula is C18H16N6O6S. The van der Waals surface area contributed by atoms with Gasteiger partial charge in [0.25, 0.3) is 11.4 Å². The van der Waals surface area contributed by atoms with Gasteiger partial charge in [0.1, 0.15) is 11.4 Å². The van der Waals surface area contributed by atoms with Crippen LogP contribution >= 0.6 is 11.8 Å². The van der Waals surface area contributed by atoms with Crippen LogP contribution in [0.1, 0.15) is 0 Å². The molecule has 0 fully saturated rings. The topological polar surface area (TPSA) is 155 Å². The molecule has 0 spiro atoms. The minimum Gasteiger partial charge on any atom is -0.496 e. The Labute approximate surface area is 179 Å². The quantitative estimate of drug-likeness (QED) is 0.313. The molecule has 0 saturated heterocycles. The van der Waals surface area contributed by atoms with Crippen molar-refractivity contribution in [2.45, 2.75) is 5.16 Å². The van der Waals surface area contributed by atoms with Crippen LogP contribution in [0.3, 0.4) is 0 Å². The van der Waals surface area contributed by atoms with E-state index in [1.165, 1.54) is 37.4 Å². The number of carbonyl (C=O) groups is 1. The Morgan fingerprint density at radius 1 is 1.16 bits per heavy atom. The third kappa shape index (κ3) is 4.95. The van der Waals surface area contributed by atoms with E-state index in [1.54, 1.807) is 23.7 Å². The Morgan fingerprint density at radius 3 is 2.61 bits per heavy atom. The summed E-state index contributed by atoms with van der Waals surface area (Å²) in [6.07, 6.45) is 0. The summed E-state index contributed by atoms with van der Waals surface area (Å²) in [4.78, 5) is 33.4. The van der Waals surface area contributed by atoms with E-state index in [0.717, 1.165) is 11.8 Å². The van der Waals surface area contributed by atoms with Crippen LogP contribution in [0.2, 0.25) is 0 Å². The van der Waals surface area contributed by atoms with Crippen LogP contribution in [0.4, 0.5) is 17.1 Å².